The Hall–Kier alpha value is -1.92. The molecule has 1 N–H and O–H groups in total. The maximum atomic E-state index is 12.7. The van der Waals surface area contributed by atoms with Gasteiger partial charge in [0.25, 0.3) is 5.91 Å². The van der Waals surface area contributed by atoms with E-state index >= 15 is 0 Å². The smallest absolute Gasteiger partial charge is 0.391 e. The van der Waals surface area contributed by atoms with Crippen LogP contribution in [-0.4, -0.2) is 43.7 Å². The third-order valence-electron chi connectivity index (χ3n) is 4.26. The number of carbonyl (C=O) groups is 1. The minimum Gasteiger partial charge on any atom is -0.484 e. The summed E-state index contributed by atoms with van der Waals surface area (Å²) in [4.78, 5) is 13.0. The minimum atomic E-state index is -4.09. The number of nitrogens with zero attached hydrogens (tertiary/aromatic N) is 1. The molecule has 0 bridgehead atoms. The normalized spacial score (nSPS) is 21.2. The van der Waals surface area contributed by atoms with Gasteiger partial charge in [0.2, 0.25) is 0 Å². The van der Waals surface area contributed by atoms with Crippen molar-refractivity contribution in [1.29, 1.82) is 0 Å². The highest BCUT2D eigenvalue weighted by molar-refractivity contribution is 5.77. The lowest BCUT2D eigenvalue weighted by atomic mass is 9.85. The number of carbonyl (C=O) groups excluding carboxylic acids is 1. The molecule has 1 aromatic carbocycles. The molecule has 0 heterocycles. The molecule has 0 saturated heterocycles. The number of amides is 1. The molecule has 2 rings (SSSR count). The summed E-state index contributed by atoms with van der Waals surface area (Å²) >= 11 is 0. The quantitative estimate of drug-likeness (QED) is 0.886. The Labute approximate surface area is 140 Å². The van der Waals surface area contributed by atoms with Gasteiger partial charge in [0, 0.05) is 31.9 Å². The first-order valence-corrected chi connectivity index (χ1v) is 8.02. The maximum Gasteiger partial charge on any atom is 0.391 e. The highest BCUT2D eigenvalue weighted by atomic mass is 19.4. The lowest BCUT2D eigenvalue weighted by Crippen LogP contribution is -2.32. The summed E-state index contributed by atoms with van der Waals surface area (Å²) in [6.07, 6.45) is -2.77. The van der Waals surface area contributed by atoms with E-state index in [9.17, 15) is 18.0 Å². The first-order valence-electron chi connectivity index (χ1n) is 8.02. The molecule has 0 radical (unpaired) electrons. The van der Waals surface area contributed by atoms with E-state index in [-0.39, 0.29) is 31.4 Å². The summed E-state index contributed by atoms with van der Waals surface area (Å²) in [5, 5.41) is 3.26. The summed E-state index contributed by atoms with van der Waals surface area (Å²) in [5.41, 5.74) is 0.792. The standard InChI is InChI=1S/C17H23F3N2O2/c1-22(2)16(23)11-24-15-5-3-4-14(10-15)21-13-8-6-12(7-9-13)17(18,19)20/h3-5,10,12-13,21H,6-9,11H2,1-2H3. The molecular formula is C17H23F3N2O2. The highest BCUT2D eigenvalue weighted by Crippen LogP contribution is 2.38. The number of benzene rings is 1. The largest absolute Gasteiger partial charge is 0.484 e. The Morgan fingerprint density at radius 3 is 2.50 bits per heavy atom. The fourth-order valence-electron chi connectivity index (χ4n) is 2.75. The first-order chi connectivity index (χ1) is 11.3. The van der Waals surface area contributed by atoms with Crippen molar-refractivity contribution in [3.63, 3.8) is 0 Å². The summed E-state index contributed by atoms with van der Waals surface area (Å²) in [7, 11) is 3.31. The predicted octanol–water partition coefficient (Wildman–Crippen LogP) is 3.69. The number of likely N-dealkylation sites (N-methyl/N-ethyl adjacent to an activating group) is 1. The van der Waals surface area contributed by atoms with E-state index < -0.39 is 12.1 Å². The molecule has 0 atom stereocenters. The van der Waals surface area contributed by atoms with E-state index in [1.54, 1.807) is 32.3 Å². The van der Waals surface area contributed by atoms with Gasteiger partial charge in [0.05, 0.1) is 5.92 Å². The summed E-state index contributed by atoms with van der Waals surface area (Å²) in [6, 6.07) is 7.17. The van der Waals surface area contributed by atoms with E-state index in [4.69, 9.17) is 4.74 Å². The van der Waals surface area contributed by atoms with Crippen molar-refractivity contribution >= 4 is 11.6 Å². The molecule has 0 unspecified atom stereocenters. The molecule has 4 nitrogen and oxygen atoms in total. The third-order valence-corrected chi connectivity index (χ3v) is 4.26. The number of anilines is 1. The number of hydrogen-bond acceptors (Lipinski definition) is 3. The van der Waals surface area contributed by atoms with Gasteiger partial charge in [-0.2, -0.15) is 13.2 Å². The van der Waals surface area contributed by atoms with E-state index in [0.29, 0.717) is 18.6 Å². The average molecular weight is 344 g/mol. The number of ether oxygens (including phenoxy) is 1. The molecule has 134 valence electrons. The third kappa shape index (κ3) is 5.32. The maximum absolute atomic E-state index is 12.7. The number of nitrogens with one attached hydrogen (secondary N) is 1. The molecular weight excluding hydrogens is 321 g/mol. The molecule has 1 fully saturated rings. The summed E-state index contributed by atoms with van der Waals surface area (Å²) < 4.78 is 43.5. The van der Waals surface area contributed by atoms with Crippen LogP contribution in [0.15, 0.2) is 24.3 Å². The Bertz CT molecular complexity index is 553. The van der Waals surface area contributed by atoms with Gasteiger partial charge in [0.15, 0.2) is 6.61 Å². The van der Waals surface area contributed by atoms with Crippen LogP contribution in [0, 0.1) is 5.92 Å². The SMILES string of the molecule is CN(C)C(=O)COc1cccc(NC2CCC(C(F)(F)F)CC2)c1. The van der Waals surface area contributed by atoms with Crippen LogP contribution >= 0.6 is 0 Å². The molecule has 1 aromatic rings. The van der Waals surface area contributed by atoms with Crippen molar-refractivity contribution in [2.45, 2.75) is 37.9 Å². The number of halogens is 3. The number of rotatable bonds is 5. The van der Waals surface area contributed by atoms with Gasteiger partial charge in [-0.1, -0.05) is 6.07 Å². The van der Waals surface area contributed by atoms with E-state index in [1.807, 2.05) is 6.07 Å². The molecule has 7 heteroatoms. The number of alkyl halides is 3. The van der Waals surface area contributed by atoms with Gasteiger partial charge >= 0.3 is 6.18 Å². The van der Waals surface area contributed by atoms with Crippen LogP contribution in [0.2, 0.25) is 0 Å². The van der Waals surface area contributed by atoms with Crippen molar-refractivity contribution in [3.8, 4) is 5.75 Å². The second-order valence-electron chi connectivity index (χ2n) is 6.34. The lowest BCUT2D eigenvalue weighted by Gasteiger charge is -2.30. The van der Waals surface area contributed by atoms with Crippen molar-refractivity contribution in [3.05, 3.63) is 24.3 Å². The fourth-order valence-corrected chi connectivity index (χ4v) is 2.75. The van der Waals surface area contributed by atoms with Crippen molar-refractivity contribution < 1.29 is 22.7 Å². The topological polar surface area (TPSA) is 41.6 Å². The Balaban J connectivity index is 1.85. The van der Waals surface area contributed by atoms with Gasteiger partial charge in [0.1, 0.15) is 5.75 Å². The van der Waals surface area contributed by atoms with E-state index in [2.05, 4.69) is 5.32 Å². The summed E-state index contributed by atoms with van der Waals surface area (Å²) in [6.45, 7) is -0.0485. The van der Waals surface area contributed by atoms with Crippen molar-refractivity contribution in [2.24, 2.45) is 5.92 Å². The van der Waals surface area contributed by atoms with Gasteiger partial charge in [-0.05, 0) is 37.8 Å². The fraction of sp³-hybridized carbons (Fsp3) is 0.588. The van der Waals surface area contributed by atoms with Crippen molar-refractivity contribution in [2.75, 3.05) is 26.0 Å². The van der Waals surface area contributed by atoms with Gasteiger partial charge in [-0.25, -0.2) is 0 Å². The lowest BCUT2D eigenvalue weighted by molar-refractivity contribution is -0.182. The molecule has 1 amide bonds. The molecule has 0 aromatic heterocycles. The van der Waals surface area contributed by atoms with E-state index in [0.717, 1.165) is 5.69 Å². The monoisotopic (exact) mass is 344 g/mol. The van der Waals surface area contributed by atoms with Crippen LogP contribution in [0.3, 0.4) is 0 Å². The van der Waals surface area contributed by atoms with Gasteiger partial charge in [-0.15, -0.1) is 0 Å². The van der Waals surface area contributed by atoms with Gasteiger partial charge < -0.3 is 15.0 Å². The second-order valence-corrected chi connectivity index (χ2v) is 6.34. The number of hydrogen-bond donors (Lipinski definition) is 1. The molecule has 0 spiro atoms. The molecule has 1 aliphatic rings. The van der Waals surface area contributed by atoms with Crippen LogP contribution in [0.5, 0.6) is 5.75 Å². The minimum absolute atomic E-state index is 0.0299. The molecule has 24 heavy (non-hydrogen) atoms. The Morgan fingerprint density at radius 2 is 1.92 bits per heavy atom. The zero-order valence-corrected chi connectivity index (χ0v) is 13.9. The van der Waals surface area contributed by atoms with Crippen LogP contribution in [0.4, 0.5) is 18.9 Å². The molecule has 1 saturated carbocycles. The van der Waals surface area contributed by atoms with E-state index in [1.165, 1.54) is 4.90 Å². The highest BCUT2D eigenvalue weighted by Gasteiger charge is 2.41. The van der Waals surface area contributed by atoms with Crippen LogP contribution < -0.4 is 10.1 Å². The Morgan fingerprint density at radius 1 is 1.25 bits per heavy atom. The van der Waals surface area contributed by atoms with Crippen LogP contribution in [0.25, 0.3) is 0 Å². The molecule has 1 aliphatic carbocycles. The zero-order valence-electron chi connectivity index (χ0n) is 13.9. The van der Waals surface area contributed by atoms with Crippen LogP contribution in [-0.2, 0) is 4.79 Å². The van der Waals surface area contributed by atoms with Crippen LogP contribution in [0.1, 0.15) is 25.7 Å². The first kappa shape index (κ1) is 18.4. The average Bonchev–Trinajstić information content (AvgIpc) is 2.52. The summed E-state index contributed by atoms with van der Waals surface area (Å²) in [5.74, 6) is -0.764. The van der Waals surface area contributed by atoms with Crippen molar-refractivity contribution in [1.82, 2.24) is 4.90 Å². The second kappa shape index (κ2) is 7.77. The predicted molar refractivity (Wildman–Crippen MR) is 86.1 cm³/mol. The Kier molecular flexibility index (Phi) is 5.96. The molecule has 0 aliphatic heterocycles. The zero-order chi connectivity index (χ0) is 17.7. The van der Waals surface area contributed by atoms with Gasteiger partial charge in [-0.3, -0.25) is 4.79 Å².